The first-order valence-electron chi connectivity index (χ1n) is 3.59. The molecule has 0 unspecified atom stereocenters. The first-order valence-corrected chi connectivity index (χ1v) is 3.59. The van der Waals surface area contributed by atoms with Crippen molar-refractivity contribution >= 4 is 24.1 Å². The van der Waals surface area contributed by atoms with Crippen LogP contribution in [0, 0.1) is 0 Å². The molecule has 0 amide bonds. The topological polar surface area (TPSA) is 49.4 Å². The van der Waals surface area contributed by atoms with Gasteiger partial charge in [0.2, 0.25) is 0 Å². The van der Waals surface area contributed by atoms with Crippen molar-refractivity contribution in [3.8, 4) is 0 Å². The van der Waals surface area contributed by atoms with Gasteiger partial charge in [0.15, 0.2) is 0 Å². The standard InChI is InChI=1S/C8H4N4/c1-2-6-8(12-4-10-6)7-5(1)9-3-11-7/h1-4H. The van der Waals surface area contributed by atoms with Gasteiger partial charge in [0.25, 0.3) is 0 Å². The fourth-order valence-corrected chi connectivity index (χ4v) is 1.32. The summed E-state index contributed by atoms with van der Waals surface area (Å²) in [5.74, 6) is 0. The van der Waals surface area contributed by atoms with E-state index in [-0.39, 0.29) is 0 Å². The van der Waals surface area contributed by atoms with Crippen molar-refractivity contribution in [2.24, 2.45) is 20.0 Å². The van der Waals surface area contributed by atoms with Gasteiger partial charge in [-0.3, -0.25) is 0 Å². The van der Waals surface area contributed by atoms with Crippen molar-refractivity contribution in [1.29, 1.82) is 0 Å². The Bertz CT molecular complexity index is 476. The van der Waals surface area contributed by atoms with Crippen molar-refractivity contribution < 1.29 is 0 Å². The van der Waals surface area contributed by atoms with E-state index in [0.29, 0.717) is 0 Å². The van der Waals surface area contributed by atoms with E-state index in [9.17, 15) is 0 Å². The molecule has 1 aromatic carbocycles. The molecule has 56 valence electrons. The quantitative estimate of drug-likeness (QED) is 0.517. The molecule has 4 heteroatoms. The smallest absolute Gasteiger partial charge is 0.118 e. The van der Waals surface area contributed by atoms with Gasteiger partial charge in [-0.15, -0.1) is 0 Å². The van der Waals surface area contributed by atoms with Gasteiger partial charge >= 0.3 is 0 Å². The summed E-state index contributed by atoms with van der Waals surface area (Å²) in [6, 6.07) is 3.80. The Morgan fingerprint density at radius 1 is 0.750 bits per heavy atom. The molecule has 2 aliphatic rings. The monoisotopic (exact) mass is 156 g/mol. The number of rotatable bonds is 0. The molecule has 0 N–H and O–H groups in total. The van der Waals surface area contributed by atoms with Gasteiger partial charge in [-0.2, -0.15) is 0 Å². The Morgan fingerprint density at radius 3 is 1.75 bits per heavy atom. The second-order valence-electron chi connectivity index (χ2n) is 2.55. The summed E-state index contributed by atoms with van der Waals surface area (Å²) < 4.78 is 0. The summed E-state index contributed by atoms with van der Waals surface area (Å²) in [5, 5.41) is 1.76. The highest BCUT2D eigenvalue weighted by molar-refractivity contribution is 5.79. The van der Waals surface area contributed by atoms with E-state index in [2.05, 4.69) is 20.0 Å². The van der Waals surface area contributed by atoms with Crippen LogP contribution in [-0.4, -0.2) is 12.7 Å². The van der Waals surface area contributed by atoms with Gasteiger partial charge in [0, 0.05) is 0 Å². The lowest BCUT2D eigenvalue weighted by atomic mass is 10.2. The highest BCUT2D eigenvalue weighted by atomic mass is 15.0. The number of fused-ring (bicyclic) bond motifs is 3. The van der Waals surface area contributed by atoms with Crippen LogP contribution in [0.1, 0.15) is 0 Å². The zero-order chi connectivity index (χ0) is 7.97. The molecule has 0 bridgehead atoms. The van der Waals surface area contributed by atoms with Crippen LogP contribution in [-0.2, 0) is 0 Å². The normalized spacial score (nSPS) is 15.3. The van der Waals surface area contributed by atoms with Crippen LogP contribution in [0.15, 0.2) is 32.1 Å². The summed E-state index contributed by atoms with van der Waals surface area (Å²) in [7, 11) is 0. The van der Waals surface area contributed by atoms with Gasteiger partial charge in [0.05, 0.1) is 10.7 Å². The lowest BCUT2D eigenvalue weighted by molar-refractivity contribution is 1.37. The van der Waals surface area contributed by atoms with Crippen LogP contribution in [0.25, 0.3) is 0 Å². The Kier molecular flexibility index (Phi) is 0.889. The van der Waals surface area contributed by atoms with Crippen LogP contribution in [0.2, 0.25) is 0 Å². The minimum Gasteiger partial charge on any atom is -0.235 e. The highest BCUT2D eigenvalue weighted by Gasteiger charge is 2.10. The van der Waals surface area contributed by atoms with E-state index >= 15 is 0 Å². The van der Waals surface area contributed by atoms with Crippen molar-refractivity contribution in [1.82, 2.24) is 0 Å². The summed E-state index contributed by atoms with van der Waals surface area (Å²) in [5.41, 5.74) is 1.68. The van der Waals surface area contributed by atoms with E-state index in [1.165, 1.54) is 0 Å². The maximum atomic E-state index is 4.11. The number of hydrogen-bond donors (Lipinski definition) is 0. The van der Waals surface area contributed by atoms with E-state index in [1.54, 1.807) is 12.7 Å². The van der Waals surface area contributed by atoms with Crippen LogP contribution < -0.4 is 10.7 Å². The Balaban J connectivity index is 2.57. The molecule has 0 aromatic heterocycles. The fraction of sp³-hybridized carbons (Fsp3) is 0. The average Bonchev–Trinajstić information content (AvgIpc) is 2.71. The third-order valence-corrected chi connectivity index (χ3v) is 1.88. The lowest BCUT2D eigenvalue weighted by Crippen LogP contribution is -2.06. The molecule has 4 nitrogen and oxygen atoms in total. The van der Waals surface area contributed by atoms with Gasteiger partial charge in [-0.05, 0) is 12.1 Å². The molecule has 2 aliphatic heterocycles. The minimum atomic E-state index is 0.838. The highest BCUT2D eigenvalue weighted by Crippen LogP contribution is 2.21. The summed E-state index contributed by atoms with van der Waals surface area (Å²) in [6.07, 6.45) is 3.08. The lowest BCUT2D eigenvalue weighted by Gasteiger charge is -1.91. The molecule has 2 heterocycles. The van der Waals surface area contributed by atoms with E-state index in [1.807, 2.05) is 12.1 Å². The van der Waals surface area contributed by atoms with E-state index in [4.69, 9.17) is 0 Å². The SMILES string of the molecule is C1=Nc2c3c(ccc2=N1)=NC=N3. The van der Waals surface area contributed by atoms with Crippen LogP contribution >= 0.6 is 0 Å². The third-order valence-electron chi connectivity index (χ3n) is 1.88. The molecule has 0 saturated heterocycles. The number of aliphatic imine (C=N–C) groups is 2. The van der Waals surface area contributed by atoms with Crippen LogP contribution in [0.5, 0.6) is 0 Å². The van der Waals surface area contributed by atoms with Gasteiger partial charge in [-0.25, -0.2) is 20.0 Å². The van der Waals surface area contributed by atoms with Crippen molar-refractivity contribution in [2.75, 3.05) is 0 Å². The molecule has 1 aromatic rings. The van der Waals surface area contributed by atoms with Crippen molar-refractivity contribution in [2.45, 2.75) is 0 Å². The maximum absolute atomic E-state index is 4.11. The first-order chi connectivity index (χ1) is 5.95. The largest absolute Gasteiger partial charge is 0.235 e. The second-order valence-corrected chi connectivity index (χ2v) is 2.55. The van der Waals surface area contributed by atoms with Crippen LogP contribution in [0.4, 0.5) is 11.4 Å². The van der Waals surface area contributed by atoms with Gasteiger partial charge in [0.1, 0.15) is 24.1 Å². The number of hydrogen-bond acceptors (Lipinski definition) is 4. The Hall–Kier alpha value is -1.84. The summed E-state index contributed by atoms with van der Waals surface area (Å²) in [6.45, 7) is 0. The molecule has 0 radical (unpaired) electrons. The van der Waals surface area contributed by atoms with Crippen LogP contribution in [0.3, 0.4) is 0 Å². The molecule has 12 heavy (non-hydrogen) atoms. The van der Waals surface area contributed by atoms with E-state index in [0.717, 1.165) is 22.1 Å². The molecule has 0 saturated carbocycles. The molecular weight excluding hydrogens is 152 g/mol. The predicted molar refractivity (Wildman–Crippen MR) is 45.1 cm³/mol. The molecule has 0 aliphatic carbocycles. The van der Waals surface area contributed by atoms with E-state index < -0.39 is 0 Å². The fourth-order valence-electron chi connectivity index (χ4n) is 1.32. The number of benzene rings is 1. The second kappa shape index (κ2) is 1.85. The molecular formula is C8H4N4. The van der Waals surface area contributed by atoms with Gasteiger partial charge in [-0.1, -0.05) is 0 Å². The average molecular weight is 156 g/mol. The Labute approximate surface area is 67.7 Å². The predicted octanol–water partition coefficient (Wildman–Crippen LogP) is 0.273. The molecule has 0 spiro atoms. The minimum absolute atomic E-state index is 0.838. The van der Waals surface area contributed by atoms with Crippen molar-refractivity contribution in [3.05, 3.63) is 22.8 Å². The van der Waals surface area contributed by atoms with Crippen molar-refractivity contribution in [3.63, 3.8) is 0 Å². The first kappa shape index (κ1) is 5.77. The summed E-state index contributed by atoms with van der Waals surface area (Å²) in [4.78, 5) is 16.4. The van der Waals surface area contributed by atoms with Gasteiger partial charge < -0.3 is 0 Å². The zero-order valence-corrected chi connectivity index (χ0v) is 6.10. The maximum Gasteiger partial charge on any atom is 0.118 e. The Morgan fingerprint density at radius 2 is 1.25 bits per heavy atom. The number of nitrogens with zero attached hydrogens (tertiary/aromatic N) is 4. The zero-order valence-electron chi connectivity index (χ0n) is 6.10. The molecule has 0 atom stereocenters. The molecule has 3 rings (SSSR count). The summed E-state index contributed by atoms with van der Waals surface area (Å²) >= 11 is 0. The third kappa shape index (κ3) is 0.567. The molecule has 0 fully saturated rings.